The maximum atomic E-state index is 13.5. The molecule has 98 valence electrons. The molecular weight excluding hydrogens is 303 g/mol. The van der Waals surface area contributed by atoms with Crippen molar-refractivity contribution in [2.75, 3.05) is 11.9 Å². The van der Waals surface area contributed by atoms with Gasteiger partial charge in [-0.3, -0.25) is 4.79 Å². The summed E-state index contributed by atoms with van der Waals surface area (Å²) < 4.78 is 19.6. The first-order valence-corrected chi connectivity index (χ1v) is 6.51. The molecule has 0 bridgehead atoms. The SMILES string of the molecule is NCC1CCC(C(=O)Nc2ccc(Br)cc2F)O1. The van der Waals surface area contributed by atoms with E-state index >= 15 is 0 Å². The molecule has 1 saturated heterocycles. The monoisotopic (exact) mass is 316 g/mol. The maximum Gasteiger partial charge on any atom is 0.253 e. The van der Waals surface area contributed by atoms with E-state index in [1.54, 1.807) is 6.07 Å². The lowest BCUT2D eigenvalue weighted by molar-refractivity contribution is -0.126. The number of carbonyl (C=O) groups is 1. The van der Waals surface area contributed by atoms with E-state index in [0.717, 1.165) is 6.42 Å². The Morgan fingerprint density at radius 2 is 2.33 bits per heavy atom. The van der Waals surface area contributed by atoms with E-state index in [-0.39, 0.29) is 17.7 Å². The predicted molar refractivity (Wildman–Crippen MR) is 69.7 cm³/mol. The molecule has 1 aromatic rings. The molecule has 2 atom stereocenters. The van der Waals surface area contributed by atoms with Crippen LogP contribution in [0, 0.1) is 5.82 Å². The zero-order valence-corrected chi connectivity index (χ0v) is 11.2. The maximum absolute atomic E-state index is 13.5. The fraction of sp³-hybridized carbons (Fsp3) is 0.417. The van der Waals surface area contributed by atoms with Gasteiger partial charge in [0.2, 0.25) is 0 Å². The molecular formula is C12H14BrFN2O2. The number of amides is 1. The highest BCUT2D eigenvalue weighted by molar-refractivity contribution is 9.10. The Morgan fingerprint density at radius 1 is 1.56 bits per heavy atom. The first-order chi connectivity index (χ1) is 8.60. The second kappa shape index (κ2) is 5.77. The number of carbonyl (C=O) groups excluding carboxylic acids is 1. The lowest BCUT2D eigenvalue weighted by Gasteiger charge is -2.13. The molecule has 1 aromatic carbocycles. The van der Waals surface area contributed by atoms with E-state index in [0.29, 0.717) is 17.4 Å². The normalized spacial score (nSPS) is 23.1. The molecule has 1 aliphatic heterocycles. The van der Waals surface area contributed by atoms with Gasteiger partial charge >= 0.3 is 0 Å². The second-order valence-corrected chi connectivity index (χ2v) is 5.09. The van der Waals surface area contributed by atoms with E-state index in [1.165, 1.54) is 12.1 Å². The number of hydrogen-bond acceptors (Lipinski definition) is 3. The third-order valence-corrected chi connectivity index (χ3v) is 3.35. The lowest BCUT2D eigenvalue weighted by atomic mass is 10.2. The molecule has 1 fully saturated rings. The number of nitrogens with two attached hydrogens (primary N) is 1. The third-order valence-electron chi connectivity index (χ3n) is 2.85. The standard InChI is InChI=1S/C12H14BrFN2O2/c13-7-1-3-10(9(14)5-7)16-12(17)11-4-2-8(6-15)18-11/h1,3,5,8,11H,2,4,6,15H2,(H,16,17). The Kier molecular flexibility index (Phi) is 4.31. The van der Waals surface area contributed by atoms with Crippen LogP contribution in [0.15, 0.2) is 22.7 Å². The van der Waals surface area contributed by atoms with Crippen molar-refractivity contribution in [3.8, 4) is 0 Å². The van der Waals surface area contributed by atoms with Gasteiger partial charge in [0, 0.05) is 11.0 Å². The van der Waals surface area contributed by atoms with Gasteiger partial charge in [0.25, 0.3) is 5.91 Å². The Morgan fingerprint density at radius 3 is 2.94 bits per heavy atom. The molecule has 18 heavy (non-hydrogen) atoms. The minimum atomic E-state index is -0.540. The average molecular weight is 317 g/mol. The molecule has 3 N–H and O–H groups in total. The quantitative estimate of drug-likeness (QED) is 0.896. The highest BCUT2D eigenvalue weighted by Crippen LogP contribution is 2.23. The van der Waals surface area contributed by atoms with E-state index in [2.05, 4.69) is 21.2 Å². The summed E-state index contributed by atoms with van der Waals surface area (Å²) in [4.78, 5) is 11.9. The minimum Gasteiger partial charge on any atom is -0.364 e. The van der Waals surface area contributed by atoms with Crippen molar-refractivity contribution in [3.63, 3.8) is 0 Å². The Labute approximate surface area is 113 Å². The first kappa shape index (κ1) is 13.5. The van der Waals surface area contributed by atoms with Crippen LogP contribution in [0.5, 0.6) is 0 Å². The van der Waals surface area contributed by atoms with Gasteiger partial charge in [-0.1, -0.05) is 15.9 Å². The lowest BCUT2D eigenvalue weighted by Crippen LogP contribution is -2.30. The molecule has 1 aliphatic rings. The van der Waals surface area contributed by atoms with Crippen molar-refractivity contribution in [2.45, 2.75) is 25.0 Å². The summed E-state index contributed by atoms with van der Waals surface area (Å²) in [6.45, 7) is 0.399. The molecule has 0 aromatic heterocycles. The van der Waals surface area contributed by atoms with Crippen LogP contribution in [0.3, 0.4) is 0 Å². The van der Waals surface area contributed by atoms with Gasteiger partial charge in [-0.25, -0.2) is 4.39 Å². The van der Waals surface area contributed by atoms with Crippen molar-refractivity contribution >= 4 is 27.5 Å². The first-order valence-electron chi connectivity index (χ1n) is 5.71. The van der Waals surface area contributed by atoms with Crippen LogP contribution < -0.4 is 11.1 Å². The van der Waals surface area contributed by atoms with Gasteiger partial charge in [0.15, 0.2) is 0 Å². The van der Waals surface area contributed by atoms with Crippen molar-refractivity contribution < 1.29 is 13.9 Å². The zero-order chi connectivity index (χ0) is 13.1. The van der Waals surface area contributed by atoms with Crippen LogP contribution in [-0.2, 0) is 9.53 Å². The van der Waals surface area contributed by atoms with Crippen LogP contribution in [0.4, 0.5) is 10.1 Å². The fourth-order valence-corrected chi connectivity index (χ4v) is 2.21. The fourth-order valence-electron chi connectivity index (χ4n) is 1.88. The average Bonchev–Trinajstić information content (AvgIpc) is 2.81. The van der Waals surface area contributed by atoms with Gasteiger partial charge in [-0.2, -0.15) is 0 Å². The van der Waals surface area contributed by atoms with Gasteiger partial charge in [0.05, 0.1) is 11.8 Å². The summed E-state index contributed by atoms with van der Waals surface area (Å²) in [5.41, 5.74) is 5.62. The third kappa shape index (κ3) is 3.07. The van der Waals surface area contributed by atoms with Gasteiger partial charge in [-0.15, -0.1) is 0 Å². The summed E-state index contributed by atoms with van der Waals surface area (Å²) >= 11 is 3.15. The van der Waals surface area contributed by atoms with Gasteiger partial charge in [-0.05, 0) is 31.0 Å². The number of anilines is 1. The number of halogens is 2. The summed E-state index contributed by atoms with van der Waals surface area (Å²) in [6.07, 6.45) is 0.764. The van der Waals surface area contributed by atoms with E-state index in [1.807, 2.05) is 0 Å². The number of rotatable bonds is 3. The predicted octanol–water partition coefficient (Wildman–Crippen LogP) is 2.03. The summed E-state index contributed by atoms with van der Waals surface area (Å²) in [5, 5.41) is 2.52. The van der Waals surface area contributed by atoms with Crippen LogP contribution in [-0.4, -0.2) is 24.7 Å². The van der Waals surface area contributed by atoms with Gasteiger partial charge < -0.3 is 15.8 Å². The van der Waals surface area contributed by atoms with Crippen LogP contribution in [0.2, 0.25) is 0 Å². The number of hydrogen-bond donors (Lipinski definition) is 2. The molecule has 1 heterocycles. The van der Waals surface area contributed by atoms with Gasteiger partial charge in [0.1, 0.15) is 11.9 Å². The highest BCUT2D eigenvalue weighted by Gasteiger charge is 2.30. The second-order valence-electron chi connectivity index (χ2n) is 4.17. The summed E-state index contributed by atoms with van der Waals surface area (Å²) in [6, 6.07) is 4.47. The van der Waals surface area contributed by atoms with E-state index in [9.17, 15) is 9.18 Å². The molecule has 0 aliphatic carbocycles. The molecule has 4 nitrogen and oxygen atoms in total. The van der Waals surface area contributed by atoms with E-state index in [4.69, 9.17) is 10.5 Å². The Balaban J connectivity index is 1.99. The minimum absolute atomic E-state index is 0.0736. The molecule has 0 spiro atoms. The molecule has 0 saturated carbocycles. The Hall–Kier alpha value is -0.980. The summed E-state index contributed by atoms with van der Waals surface area (Å²) in [5.74, 6) is -0.807. The molecule has 2 rings (SSSR count). The van der Waals surface area contributed by atoms with Crippen molar-refractivity contribution in [2.24, 2.45) is 5.73 Å². The molecule has 6 heteroatoms. The number of ether oxygens (including phenoxy) is 1. The van der Waals surface area contributed by atoms with Crippen molar-refractivity contribution in [1.29, 1.82) is 0 Å². The highest BCUT2D eigenvalue weighted by atomic mass is 79.9. The largest absolute Gasteiger partial charge is 0.364 e. The van der Waals surface area contributed by atoms with Crippen LogP contribution >= 0.6 is 15.9 Å². The van der Waals surface area contributed by atoms with Crippen LogP contribution in [0.25, 0.3) is 0 Å². The van der Waals surface area contributed by atoms with E-state index < -0.39 is 11.9 Å². The molecule has 2 unspecified atom stereocenters. The number of nitrogens with one attached hydrogen (secondary N) is 1. The smallest absolute Gasteiger partial charge is 0.253 e. The van der Waals surface area contributed by atoms with Crippen molar-refractivity contribution in [3.05, 3.63) is 28.5 Å². The van der Waals surface area contributed by atoms with Crippen molar-refractivity contribution in [1.82, 2.24) is 0 Å². The topological polar surface area (TPSA) is 64.4 Å². The molecule has 1 amide bonds. The molecule has 0 radical (unpaired) electrons. The van der Waals surface area contributed by atoms with Crippen LogP contribution in [0.1, 0.15) is 12.8 Å². The zero-order valence-electron chi connectivity index (χ0n) is 9.66. The number of benzene rings is 1. The Bertz CT molecular complexity index is 456. The summed E-state index contributed by atoms with van der Waals surface area (Å²) in [7, 11) is 0.